The van der Waals surface area contributed by atoms with Crippen LogP contribution in [0.4, 0.5) is 0 Å². The smallest absolute Gasteiger partial charge is 0.307 e. The van der Waals surface area contributed by atoms with Gasteiger partial charge in [-0.05, 0) is 26.2 Å². The quantitative estimate of drug-likeness (QED) is 0.671. The van der Waals surface area contributed by atoms with Crippen LogP contribution in [-0.4, -0.2) is 68.8 Å². The van der Waals surface area contributed by atoms with Crippen molar-refractivity contribution in [2.45, 2.75) is 13.0 Å². The number of rotatable bonds is 5. The van der Waals surface area contributed by atoms with Crippen molar-refractivity contribution in [2.24, 2.45) is 0 Å². The monoisotopic (exact) mass is 393 g/mol. The molecule has 1 aliphatic heterocycles. The van der Waals surface area contributed by atoms with E-state index in [1.807, 2.05) is 19.0 Å². The Labute approximate surface area is 156 Å². The Morgan fingerprint density at radius 3 is 2.70 bits per heavy atom. The van der Waals surface area contributed by atoms with Crippen LogP contribution in [0.1, 0.15) is 33.0 Å². The summed E-state index contributed by atoms with van der Waals surface area (Å²) in [6, 6.07) is 2.79. The lowest BCUT2D eigenvalue weighted by atomic mass is 9.96. The molecule has 0 unspecified atom stereocenters. The van der Waals surface area contributed by atoms with Crippen LogP contribution in [-0.2, 0) is 26.0 Å². The Kier molecular flexibility index (Phi) is 5.11. The number of Topliss-reactive ketones (excluding diaryl/α,β-unsaturated/α-hetero) is 2. The Morgan fingerprint density at radius 1 is 1.26 bits per heavy atom. The number of aromatic nitrogens is 1. The van der Waals surface area contributed by atoms with Crippen molar-refractivity contribution >= 4 is 27.4 Å². The van der Waals surface area contributed by atoms with E-state index in [9.17, 15) is 22.8 Å². The maximum absolute atomic E-state index is 12.6. The van der Waals surface area contributed by atoms with Crippen molar-refractivity contribution in [3.63, 3.8) is 0 Å². The molecule has 3 rings (SSSR count). The summed E-state index contributed by atoms with van der Waals surface area (Å²) in [6.45, 7) is 0.456. The largest absolute Gasteiger partial charge is 0.459 e. The lowest BCUT2D eigenvalue weighted by Gasteiger charge is -2.25. The molecule has 2 heterocycles. The number of ether oxygens (including phenoxy) is 1. The molecule has 1 aliphatic carbocycles. The fraction of sp³-hybridized carbons (Fsp3) is 0.412. The number of nitrogens with one attached hydrogen (secondary N) is 1. The van der Waals surface area contributed by atoms with Crippen LogP contribution in [0.15, 0.2) is 22.7 Å². The van der Waals surface area contributed by atoms with E-state index in [0.29, 0.717) is 12.2 Å². The normalized spacial score (nSPS) is 18.0. The zero-order valence-electron chi connectivity index (χ0n) is 14.9. The molecule has 10 heteroatoms. The van der Waals surface area contributed by atoms with Gasteiger partial charge in [0.1, 0.15) is 22.9 Å². The molecule has 0 saturated heterocycles. The van der Waals surface area contributed by atoms with Gasteiger partial charge in [0.15, 0.2) is 9.84 Å². The summed E-state index contributed by atoms with van der Waals surface area (Å²) in [4.78, 5) is 42.4. The number of esters is 1. The minimum atomic E-state index is -3.81. The number of carbonyl (C=O) groups excluding carboxylic acids is 3. The van der Waals surface area contributed by atoms with Gasteiger partial charge in [0.2, 0.25) is 11.6 Å². The minimum Gasteiger partial charge on any atom is -0.459 e. The molecule has 0 amide bonds. The lowest BCUT2D eigenvalue weighted by molar-refractivity contribution is -0.145. The number of hydrogen-bond donors (Lipinski definition) is 1. The Hall–Kier alpha value is -2.59. The summed E-state index contributed by atoms with van der Waals surface area (Å²) >= 11 is 0. The molecule has 0 aromatic carbocycles. The van der Waals surface area contributed by atoms with Crippen LogP contribution in [0.5, 0.6) is 0 Å². The molecule has 1 aromatic rings. The second-order valence-corrected chi connectivity index (χ2v) is 8.57. The van der Waals surface area contributed by atoms with Crippen LogP contribution in [0.3, 0.4) is 0 Å². The van der Waals surface area contributed by atoms with Gasteiger partial charge < -0.3 is 15.0 Å². The fourth-order valence-corrected chi connectivity index (χ4v) is 4.25. The molecule has 0 bridgehead atoms. The summed E-state index contributed by atoms with van der Waals surface area (Å²) in [5, 5.41) is 2.69. The van der Waals surface area contributed by atoms with Gasteiger partial charge in [-0.2, -0.15) is 0 Å². The summed E-state index contributed by atoms with van der Waals surface area (Å²) in [5.74, 6) is -2.04. The average Bonchev–Trinajstić information content (AvgIpc) is 2.61. The van der Waals surface area contributed by atoms with Crippen molar-refractivity contribution in [2.75, 3.05) is 32.9 Å². The lowest BCUT2D eigenvalue weighted by Crippen LogP contribution is -2.41. The highest BCUT2D eigenvalue weighted by Crippen LogP contribution is 2.29. The van der Waals surface area contributed by atoms with Gasteiger partial charge >= 0.3 is 5.97 Å². The zero-order valence-corrected chi connectivity index (χ0v) is 15.8. The van der Waals surface area contributed by atoms with E-state index in [1.54, 1.807) is 0 Å². The second-order valence-electron chi connectivity index (χ2n) is 6.52. The third kappa shape index (κ3) is 3.76. The van der Waals surface area contributed by atoms with Crippen molar-refractivity contribution in [1.29, 1.82) is 0 Å². The van der Waals surface area contributed by atoms with E-state index in [2.05, 4.69) is 10.3 Å². The van der Waals surface area contributed by atoms with Crippen molar-refractivity contribution in [3.05, 3.63) is 39.7 Å². The molecule has 0 radical (unpaired) electrons. The topological polar surface area (TPSA) is 123 Å². The number of ketones is 2. The number of fused-ring (bicyclic) bond motifs is 1. The molecule has 9 nitrogen and oxygen atoms in total. The fourth-order valence-electron chi connectivity index (χ4n) is 2.80. The first kappa shape index (κ1) is 19.2. The van der Waals surface area contributed by atoms with E-state index < -0.39 is 32.3 Å². The highest BCUT2D eigenvalue weighted by atomic mass is 32.2. The van der Waals surface area contributed by atoms with Gasteiger partial charge in [0.05, 0.1) is 23.4 Å². The molecule has 0 fully saturated rings. The standard InChI is InChI=1S/C17H19N3O6S/c1-20(2)7-5-12(21)26-9-10-3-4-11-13(19-10)16(23)14-17(15(11)22)27(24,25)8-6-18-14/h3-4,18H,5-9H2,1-2H3. The first-order valence-corrected chi connectivity index (χ1v) is 9.96. The molecule has 0 spiro atoms. The molecule has 2 aliphatic rings. The predicted octanol–water partition coefficient (Wildman–Crippen LogP) is -0.315. The van der Waals surface area contributed by atoms with Crippen LogP contribution >= 0.6 is 0 Å². The SMILES string of the molecule is CN(C)CCC(=O)OCc1ccc2c(n1)C(=O)C1=C(C2=O)S(=O)(=O)CCN1. The van der Waals surface area contributed by atoms with Gasteiger partial charge in [-0.3, -0.25) is 14.4 Å². The second kappa shape index (κ2) is 7.20. The van der Waals surface area contributed by atoms with Crippen molar-refractivity contribution < 1.29 is 27.5 Å². The van der Waals surface area contributed by atoms with E-state index >= 15 is 0 Å². The van der Waals surface area contributed by atoms with Crippen LogP contribution in [0, 0.1) is 0 Å². The number of allylic oxidation sites excluding steroid dienone is 2. The van der Waals surface area contributed by atoms with Crippen molar-refractivity contribution in [1.82, 2.24) is 15.2 Å². The molecule has 1 aromatic heterocycles. The molecular weight excluding hydrogens is 374 g/mol. The number of carbonyl (C=O) groups is 3. The molecule has 1 N–H and O–H groups in total. The first-order valence-electron chi connectivity index (χ1n) is 8.31. The Bertz CT molecular complexity index is 965. The van der Waals surface area contributed by atoms with E-state index in [0.717, 1.165) is 0 Å². The zero-order chi connectivity index (χ0) is 19.8. The predicted molar refractivity (Wildman–Crippen MR) is 94.7 cm³/mol. The van der Waals surface area contributed by atoms with Crippen LogP contribution < -0.4 is 5.32 Å². The number of nitrogens with zero attached hydrogens (tertiary/aromatic N) is 2. The average molecular weight is 393 g/mol. The third-order valence-electron chi connectivity index (χ3n) is 4.20. The molecular formula is C17H19N3O6S. The maximum atomic E-state index is 12.6. The summed E-state index contributed by atoms with van der Waals surface area (Å²) < 4.78 is 29.5. The van der Waals surface area contributed by atoms with Gasteiger partial charge in [-0.25, -0.2) is 13.4 Å². The van der Waals surface area contributed by atoms with Gasteiger partial charge in [0.25, 0.3) is 0 Å². The number of hydrogen-bond acceptors (Lipinski definition) is 9. The van der Waals surface area contributed by atoms with Crippen LogP contribution in [0.25, 0.3) is 0 Å². The number of sulfone groups is 1. The highest BCUT2D eigenvalue weighted by Gasteiger charge is 2.42. The number of pyridine rings is 1. The summed E-state index contributed by atoms with van der Waals surface area (Å²) in [6.07, 6.45) is 0.216. The Morgan fingerprint density at radius 2 is 2.00 bits per heavy atom. The highest BCUT2D eigenvalue weighted by molar-refractivity contribution is 7.96. The molecule has 27 heavy (non-hydrogen) atoms. The first-order chi connectivity index (χ1) is 12.7. The van der Waals surface area contributed by atoms with E-state index in [4.69, 9.17) is 4.74 Å². The minimum absolute atomic E-state index is 0.0543. The maximum Gasteiger partial charge on any atom is 0.307 e. The van der Waals surface area contributed by atoms with E-state index in [-0.39, 0.29) is 42.3 Å². The van der Waals surface area contributed by atoms with Gasteiger partial charge in [-0.15, -0.1) is 0 Å². The molecule has 0 saturated carbocycles. The summed E-state index contributed by atoms with van der Waals surface area (Å²) in [7, 11) is -0.134. The Balaban J connectivity index is 1.82. The van der Waals surface area contributed by atoms with Gasteiger partial charge in [0, 0.05) is 13.1 Å². The van der Waals surface area contributed by atoms with Crippen LogP contribution in [0.2, 0.25) is 0 Å². The third-order valence-corrected chi connectivity index (χ3v) is 5.95. The van der Waals surface area contributed by atoms with Gasteiger partial charge in [-0.1, -0.05) is 0 Å². The molecule has 144 valence electrons. The summed E-state index contributed by atoms with van der Waals surface area (Å²) in [5.41, 5.74) is -0.124. The molecule has 0 atom stereocenters. The van der Waals surface area contributed by atoms with Crippen molar-refractivity contribution in [3.8, 4) is 0 Å². The van der Waals surface area contributed by atoms with E-state index in [1.165, 1.54) is 12.1 Å².